The van der Waals surface area contributed by atoms with E-state index >= 15 is 0 Å². The van der Waals surface area contributed by atoms with Gasteiger partial charge in [-0.2, -0.15) is 13.2 Å². The summed E-state index contributed by atoms with van der Waals surface area (Å²) in [6, 6.07) is -0.500. The van der Waals surface area contributed by atoms with Crippen LogP contribution in [0.3, 0.4) is 0 Å². The first kappa shape index (κ1) is 15.2. The van der Waals surface area contributed by atoms with Crippen molar-refractivity contribution in [1.82, 2.24) is 5.32 Å². The normalized spacial score (nSPS) is 13.6. The van der Waals surface area contributed by atoms with Gasteiger partial charge in [-0.3, -0.25) is 4.79 Å². The molecule has 0 fully saturated rings. The minimum atomic E-state index is -4.31. The number of halogens is 3. The summed E-state index contributed by atoms with van der Waals surface area (Å²) in [5.41, 5.74) is 0. The van der Waals surface area contributed by atoms with E-state index in [0.29, 0.717) is 6.42 Å². The van der Waals surface area contributed by atoms with Crippen molar-refractivity contribution in [2.24, 2.45) is 0 Å². The van der Waals surface area contributed by atoms with Crippen LogP contribution in [0.5, 0.6) is 0 Å². The Labute approximate surface area is 92.1 Å². The van der Waals surface area contributed by atoms with Gasteiger partial charge in [0.05, 0.1) is 13.7 Å². The third-order valence-corrected chi connectivity index (χ3v) is 1.80. The van der Waals surface area contributed by atoms with Crippen LogP contribution >= 0.6 is 0 Å². The molecule has 0 aromatic heterocycles. The monoisotopic (exact) mass is 243 g/mol. The molecule has 0 radical (unpaired) electrons. The number of carbonyl (C=O) groups excluding carboxylic acids is 1. The molecule has 0 aliphatic heterocycles. The number of hydrogen-bond donors (Lipinski definition) is 1. The van der Waals surface area contributed by atoms with E-state index in [1.807, 2.05) is 0 Å². The van der Waals surface area contributed by atoms with Gasteiger partial charge in [-0.05, 0) is 6.42 Å². The molecule has 0 aromatic carbocycles. The van der Waals surface area contributed by atoms with Gasteiger partial charge in [0.25, 0.3) is 0 Å². The van der Waals surface area contributed by atoms with E-state index in [1.54, 1.807) is 6.92 Å². The van der Waals surface area contributed by atoms with Crippen LogP contribution in [0, 0.1) is 0 Å². The topological polar surface area (TPSA) is 47.6 Å². The Hall–Kier alpha value is -0.820. The fourth-order valence-electron chi connectivity index (χ4n) is 1.03. The summed E-state index contributed by atoms with van der Waals surface area (Å²) in [6.45, 7) is 0.561. The van der Waals surface area contributed by atoms with Crippen LogP contribution in [0.1, 0.15) is 13.3 Å². The molecule has 0 amide bonds. The van der Waals surface area contributed by atoms with Gasteiger partial charge in [-0.1, -0.05) is 6.92 Å². The van der Waals surface area contributed by atoms with E-state index in [0.717, 1.165) is 0 Å². The van der Waals surface area contributed by atoms with Crippen LogP contribution < -0.4 is 5.32 Å². The van der Waals surface area contributed by atoms with Gasteiger partial charge in [-0.15, -0.1) is 0 Å². The molecular weight excluding hydrogens is 227 g/mol. The number of methoxy groups -OCH3 is 1. The van der Waals surface area contributed by atoms with E-state index in [1.165, 1.54) is 7.11 Å². The lowest BCUT2D eigenvalue weighted by Gasteiger charge is -2.14. The van der Waals surface area contributed by atoms with Gasteiger partial charge in [0.2, 0.25) is 0 Å². The highest BCUT2D eigenvalue weighted by atomic mass is 19.4. The Kier molecular flexibility index (Phi) is 7.07. The first-order valence-electron chi connectivity index (χ1n) is 4.86. The summed E-state index contributed by atoms with van der Waals surface area (Å²) in [7, 11) is 1.26. The molecule has 0 aliphatic carbocycles. The van der Waals surface area contributed by atoms with Gasteiger partial charge in [0.1, 0.15) is 12.6 Å². The van der Waals surface area contributed by atoms with Crippen molar-refractivity contribution in [2.75, 3.05) is 26.9 Å². The lowest BCUT2D eigenvalue weighted by atomic mass is 10.2. The molecule has 96 valence electrons. The fourth-order valence-corrected chi connectivity index (χ4v) is 1.03. The van der Waals surface area contributed by atoms with Crippen molar-refractivity contribution in [3.63, 3.8) is 0 Å². The zero-order chi connectivity index (χ0) is 12.6. The van der Waals surface area contributed by atoms with Crippen molar-refractivity contribution in [1.29, 1.82) is 0 Å². The minimum absolute atomic E-state index is 0.104. The Balaban J connectivity index is 3.60. The molecule has 0 spiro atoms. The number of ether oxygens (including phenoxy) is 2. The number of hydrogen-bond acceptors (Lipinski definition) is 4. The third-order valence-electron chi connectivity index (χ3n) is 1.80. The van der Waals surface area contributed by atoms with Crippen molar-refractivity contribution >= 4 is 5.97 Å². The highest BCUT2D eigenvalue weighted by Gasteiger charge is 2.27. The zero-order valence-electron chi connectivity index (χ0n) is 9.26. The molecule has 1 atom stereocenters. The average molecular weight is 243 g/mol. The largest absolute Gasteiger partial charge is 0.468 e. The molecule has 7 heteroatoms. The fraction of sp³-hybridized carbons (Fsp3) is 0.889. The van der Waals surface area contributed by atoms with Crippen molar-refractivity contribution in [3.05, 3.63) is 0 Å². The van der Waals surface area contributed by atoms with E-state index in [2.05, 4.69) is 14.8 Å². The lowest BCUT2D eigenvalue weighted by Crippen LogP contribution is -2.39. The van der Waals surface area contributed by atoms with Crippen molar-refractivity contribution in [3.8, 4) is 0 Å². The second-order valence-electron chi connectivity index (χ2n) is 3.11. The summed E-state index contributed by atoms with van der Waals surface area (Å²) in [6.07, 6.45) is -3.81. The van der Waals surface area contributed by atoms with Crippen molar-refractivity contribution in [2.45, 2.75) is 25.6 Å². The lowest BCUT2D eigenvalue weighted by molar-refractivity contribution is -0.173. The van der Waals surface area contributed by atoms with E-state index in [9.17, 15) is 18.0 Å². The number of carbonyl (C=O) groups is 1. The minimum Gasteiger partial charge on any atom is -0.468 e. The molecule has 0 aliphatic rings. The highest BCUT2D eigenvalue weighted by molar-refractivity contribution is 5.75. The Morgan fingerprint density at radius 1 is 1.44 bits per heavy atom. The molecule has 0 saturated heterocycles. The quantitative estimate of drug-likeness (QED) is 0.537. The molecule has 0 bridgehead atoms. The van der Waals surface area contributed by atoms with E-state index < -0.39 is 24.8 Å². The second-order valence-corrected chi connectivity index (χ2v) is 3.11. The number of alkyl halides is 3. The maximum atomic E-state index is 11.7. The predicted molar refractivity (Wildman–Crippen MR) is 51.0 cm³/mol. The molecule has 0 aromatic rings. The predicted octanol–water partition coefficient (Wildman–Crippen LogP) is 1.11. The summed E-state index contributed by atoms with van der Waals surface area (Å²) in [5, 5.41) is 2.74. The van der Waals surface area contributed by atoms with E-state index in [-0.39, 0.29) is 13.2 Å². The van der Waals surface area contributed by atoms with Gasteiger partial charge in [0, 0.05) is 6.54 Å². The SMILES string of the molecule is CCC(NCCOCC(F)(F)F)C(=O)OC. The van der Waals surface area contributed by atoms with Gasteiger partial charge in [0.15, 0.2) is 0 Å². The van der Waals surface area contributed by atoms with Crippen LogP contribution in [0.4, 0.5) is 13.2 Å². The van der Waals surface area contributed by atoms with Crippen molar-refractivity contribution < 1.29 is 27.4 Å². The summed E-state index contributed by atoms with van der Waals surface area (Å²) in [5.74, 6) is -0.432. The molecular formula is C9H16F3NO3. The maximum absolute atomic E-state index is 11.7. The maximum Gasteiger partial charge on any atom is 0.411 e. The van der Waals surface area contributed by atoms with Crippen LogP contribution in [-0.4, -0.2) is 45.1 Å². The molecule has 0 heterocycles. The molecule has 4 nitrogen and oxygen atoms in total. The van der Waals surface area contributed by atoms with Crippen LogP contribution in [0.25, 0.3) is 0 Å². The zero-order valence-corrected chi connectivity index (χ0v) is 9.26. The first-order chi connectivity index (χ1) is 7.40. The van der Waals surface area contributed by atoms with Gasteiger partial charge in [-0.25, -0.2) is 0 Å². The second kappa shape index (κ2) is 7.45. The van der Waals surface area contributed by atoms with Gasteiger partial charge < -0.3 is 14.8 Å². The Morgan fingerprint density at radius 2 is 2.06 bits per heavy atom. The van der Waals surface area contributed by atoms with Crippen LogP contribution in [-0.2, 0) is 14.3 Å². The highest BCUT2D eigenvalue weighted by Crippen LogP contribution is 2.13. The smallest absolute Gasteiger partial charge is 0.411 e. The molecule has 0 saturated carbocycles. The van der Waals surface area contributed by atoms with Crippen LogP contribution in [0.15, 0.2) is 0 Å². The Morgan fingerprint density at radius 3 is 2.50 bits per heavy atom. The Bertz CT molecular complexity index is 209. The average Bonchev–Trinajstić information content (AvgIpc) is 2.21. The van der Waals surface area contributed by atoms with Gasteiger partial charge >= 0.3 is 12.1 Å². The number of rotatable bonds is 7. The van der Waals surface area contributed by atoms with E-state index in [4.69, 9.17) is 0 Å². The summed E-state index contributed by atoms with van der Waals surface area (Å²) < 4.78 is 43.9. The molecule has 1 N–H and O–H groups in total. The molecule has 0 rings (SSSR count). The third kappa shape index (κ3) is 7.47. The number of esters is 1. The molecule has 1 unspecified atom stereocenters. The number of nitrogens with one attached hydrogen (secondary N) is 1. The summed E-state index contributed by atoms with van der Waals surface area (Å²) >= 11 is 0. The molecule has 16 heavy (non-hydrogen) atoms. The van der Waals surface area contributed by atoms with Crippen LogP contribution in [0.2, 0.25) is 0 Å². The first-order valence-corrected chi connectivity index (χ1v) is 4.86. The summed E-state index contributed by atoms with van der Waals surface area (Å²) in [4.78, 5) is 11.1. The standard InChI is InChI=1S/C9H16F3NO3/c1-3-7(8(14)15-2)13-4-5-16-6-9(10,11)12/h7,13H,3-6H2,1-2H3.